The molecule has 2 aliphatic heterocycles. The van der Waals surface area contributed by atoms with E-state index in [9.17, 15) is 24.8 Å². The molecule has 1 atom stereocenters. The number of carbonyl (C=O) groups is 2. The van der Waals surface area contributed by atoms with E-state index >= 15 is 0 Å². The molecule has 0 spiro atoms. The molecule has 3 rings (SSSR count). The largest absolute Gasteiger partial charge is 0.396 e. The second-order valence-corrected chi connectivity index (χ2v) is 8.25. The lowest BCUT2D eigenvalue weighted by Gasteiger charge is -2.34. The highest BCUT2D eigenvalue weighted by molar-refractivity contribution is 6.35. The van der Waals surface area contributed by atoms with Gasteiger partial charge in [0.2, 0.25) is 0 Å². The monoisotopic (exact) mass is 445 g/mol. The van der Waals surface area contributed by atoms with E-state index in [1.807, 2.05) is 4.90 Å². The fourth-order valence-corrected chi connectivity index (χ4v) is 4.16. The molecular formula is C23H31N3O6. The maximum atomic E-state index is 13.3. The van der Waals surface area contributed by atoms with Gasteiger partial charge in [-0.2, -0.15) is 0 Å². The molecule has 32 heavy (non-hydrogen) atoms. The Balaban J connectivity index is 1.84. The number of unbranched alkanes of at least 4 members (excludes halogenated alkanes) is 1. The van der Waals surface area contributed by atoms with Crippen molar-refractivity contribution in [2.45, 2.75) is 39.0 Å². The van der Waals surface area contributed by atoms with Crippen molar-refractivity contribution >= 4 is 23.1 Å². The Kier molecular flexibility index (Phi) is 8.35. The fourth-order valence-electron chi connectivity index (χ4n) is 4.16. The summed E-state index contributed by atoms with van der Waals surface area (Å²) in [7, 11) is 0. The third-order valence-corrected chi connectivity index (χ3v) is 5.92. The quantitative estimate of drug-likeness (QED) is 0.241. The standard InChI is InChI=1S/C23H31N3O6/c1-2-3-13-32-14-5-12-25-22(28)20(18-7-9-19(10-8-18)26(30)31)21(23(25)29)24-11-4-6-17(15-24)16-27/h7-10,17,27H,2-6,11-16H2,1H3. The molecule has 0 aromatic heterocycles. The fraction of sp³-hybridized carbons (Fsp3) is 0.565. The number of nitrogens with zero attached hydrogens (tertiary/aromatic N) is 3. The molecule has 1 unspecified atom stereocenters. The van der Waals surface area contributed by atoms with Crippen LogP contribution in [0.2, 0.25) is 0 Å². The van der Waals surface area contributed by atoms with E-state index in [2.05, 4.69) is 6.92 Å². The van der Waals surface area contributed by atoms with E-state index in [1.54, 1.807) is 0 Å². The Morgan fingerprint density at radius 2 is 1.88 bits per heavy atom. The number of benzene rings is 1. The predicted octanol–water partition coefficient (Wildman–Crippen LogP) is 2.59. The number of nitro benzene ring substituents is 1. The summed E-state index contributed by atoms with van der Waals surface area (Å²) in [5, 5.41) is 20.6. The zero-order valence-electron chi connectivity index (χ0n) is 18.5. The lowest BCUT2D eigenvalue weighted by Crippen LogP contribution is -2.40. The lowest BCUT2D eigenvalue weighted by atomic mass is 9.97. The van der Waals surface area contributed by atoms with Crippen LogP contribution in [-0.4, -0.2) is 71.1 Å². The minimum Gasteiger partial charge on any atom is -0.396 e. The summed E-state index contributed by atoms with van der Waals surface area (Å²) in [5.74, 6) is -0.702. The molecule has 174 valence electrons. The van der Waals surface area contributed by atoms with Gasteiger partial charge in [-0.05, 0) is 49.3 Å². The van der Waals surface area contributed by atoms with Crippen molar-refractivity contribution < 1.29 is 24.4 Å². The van der Waals surface area contributed by atoms with Crippen LogP contribution in [0.3, 0.4) is 0 Å². The normalized spacial score (nSPS) is 19.2. The van der Waals surface area contributed by atoms with Crippen LogP contribution >= 0.6 is 0 Å². The number of hydrogen-bond donors (Lipinski definition) is 1. The number of likely N-dealkylation sites (tertiary alicyclic amines) is 1. The van der Waals surface area contributed by atoms with Gasteiger partial charge >= 0.3 is 0 Å². The van der Waals surface area contributed by atoms with Crippen molar-refractivity contribution in [1.82, 2.24) is 9.80 Å². The molecule has 0 aliphatic carbocycles. The number of imide groups is 1. The van der Waals surface area contributed by atoms with Gasteiger partial charge in [0.25, 0.3) is 17.5 Å². The molecule has 1 aromatic rings. The Morgan fingerprint density at radius 3 is 2.53 bits per heavy atom. The van der Waals surface area contributed by atoms with Gasteiger partial charge in [-0.1, -0.05) is 13.3 Å². The number of amides is 2. The molecule has 2 amide bonds. The van der Waals surface area contributed by atoms with E-state index in [0.29, 0.717) is 44.0 Å². The van der Waals surface area contributed by atoms with Crippen LogP contribution in [0.25, 0.3) is 5.57 Å². The Labute approximate surface area is 187 Å². The van der Waals surface area contributed by atoms with Crippen LogP contribution in [0.1, 0.15) is 44.6 Å². The molecule has 1 N–H and O–H groups in total. The SMILES string of the molecule is CCCCOCCCN1C(=O)C(c2ccc([N+](=O)[O-])cc2)=C(N2CCCC(CO)C2)C1=O. The molecular weight excluding hydrogens is 414 g/mol. The first kappa shape index (κ1) is 23.9. The van der Waals surface area contributed by atoms with Crippen LogP contribution in [0, 0.1) is 16.0 Å². The van der Waals surface area contributed by atoms with Crippen LogP contribution in [0.5, 0.6) is 0 Å². The second-order valence-electron chi connectivity index (χ2n) is 8.25. The van der Waals surface area contributed by atoms with Gasteiger partial charge < -0.3 is 14.7 Å². The summed E-state index contributed by atoms with van der Waals surface area (Å²) in [6.07, 6.45) is 4.24. The number of aliphatic hydroxyl groups excluding tert-OH is 1. The predicted molar refractivity (Wildman–Crippen MR) is 118 cm³/mol. The highest BCUT2D eigenvalue weighted by Gasteiger charge is 2.42. The minimum atomic E-state index is -0.498. The summed E-state index contributed by atoms with van der Waals surface area (Å²) in [6.45, 7) is 4.60. The van der Waals surface area contributed by atoms with E-state index in [4.69, 9.17) is 4.74 Å². The van der Waals surface area contributed by atoms with Crippen molar-refractivity contribution in [3.63, 3.8) is 0 Å². The first-order valence-corrected chi connectivity index (χ1v) is 11.3. The maximum absolute atomic E-state index is 13.3. The summed E-state index contributed by atoms with van der Waals surface area (Å²) >= 11 is 0. The molecule has 2 heterocycles. The number of rotatable bonds is 11. The first-order chi connectivity index (χ1) is 15.5. The van der Waals surface area contributed by atoms with Crippen molar-refractivity contribution in [2.24, 2.45) is 5.92 Å². The van der Waals surface area contributed by atoms with Gasteiger partial charge in [0, 0.05) is 51.6 Å². The lowest BCUT2D eigenvalue weighted by molar-refractivity contribution is -0.384. The molecule has 9 nitrogen and oxygen atoms in total. The Hall–Kier alpha value is -2.78. The van der Waals surface area contributed by atoms with E-state index in [0.717, 1.165) is 25.7 Å². The highest BCUT2D eigenvalue weighted by Crippen LogP contribution is 2.34. The van der Waals surface area contributed by atoms with Gasteiger partial charge in [-0.3, -0.25) is 24.6 Å². The van der Waals surface area contributed by atoms with Crippen LogP contribution < -0.4 is 0 Å². The average molecular weight is 446 g/mol. The number of piperidine rings is 1. The van der Waals surface area contributed by atoms with Crippen molar-refractivity contribution in [1.29, 1.82) is 0 Å². The number of non-ortho nitro benzene ring substituents is 1. The topological polar surface area (TPSA) is 113 Å². The van der Waals surface area contributed by atoms with Crippen molar-refractivity contribution in [3.05, 3.63) is 45.6 Å². The number of aliphatic hydroxyl groups is 1. The third-order valence-electron chi connectivity index (χ3n) is 5.92. The smallest absolute Gasteiger partial charge is 0.277 e. The second kappa shape index (κ2) is 11.2. The number of hydrogen-bond acceptors (Lipinski definition) is 7. The number of nitro groups is 1. The van der Waals surface area contributed by atoms with Crippen molar-refractivity contribution in [3.8, 4) is 0 Å². The molecule has 2 aliphatic rings. The number of carbonyl (C=O) groups excluding carboxylic acids is 2. The van der Waals surface area contributed by atoms with Gasteiger partial charge in [0.05, 0.1) is 10.5 Å². The summed E-state index contributed by atoms with van der Waals surface area (Å²) in [4.78, 5) is 40.3. The Bertz CT molecular complexity index is 867. The number of ether oxygens (including phenoxy) is 1. The zero-order valence-corrected chi connectivity index (χ0v) is 18.5. The van der Waals surface area contributed by atoms with Gasteiger partial charge in [0.15, 0.2) is 0 Å². The van der Waals surface area contributed by atoms with Crippen molar-refractivity contribution in [2.75, 3.05) is 39.5 Å². The third kappa shape index (κ3) is 5.34. The molecule has 1 aromatic carbocycles. The maximum Gasteiger partial charge on any atom is 0.277 e. The van der Waals surface area contributed by atoms with Crippen LogP contribution in [0.4, 0.5) is 5.69 Å². The molecule has 0 radical (unpaired) electrons. The van der Waals surface area contributed by atoms with E-state index in [-0.39, 0.29) is 36.2 Å². The molecule has 0 bridgehead atoms. The van der Waals surface area contributed by atoms with E-state index in [1.165, 1.54) is 29.2 Å². The molecule has 0 saturated carbocycles. The first-order valence-electron chi connectivity index (χ1n) is 11.3. The highest BCUT2D eigenvalue weighted by atomic mass is 16.6. The average Bonchev–Trinajstić information content (AvgIpc) is 3.06. The van der Waals surface area contributed by atoms with Gasteiger partial charge in [0.1, 0.15) is 5.70 Å². The minimum absolute atomic E-state index is 0.0254. The molecule has 1 fully saturated rings. The summed E-state index contributed by atoms with van der Waals surface area (Å²) in [5.41, 5.74) is 1.01. The zero-order chi connectivity index (χ0) is 23.1. The summed E-state index contributed by atoms with van der Waals surface area (Å²) < 4.78 is 5.56. The van der Waals surface area contributed by atoms with Gasteiger partial charge in [-0.15, -0.1) is 0 Å². The molecule has 9 heteroatoms. The van der Waals surface area contributed by atoms with E-state index < -0.39 is 10.8 Å². The van der Waals surface area contributed by atoms with Gasteiger partial charge in [-0.25, -0.2) is 0 Å². The van der Waals surface area contributed by atoms with Crippen LogP contribution in [-0.2, 0) is 14.3 Å². The molecule has 1 saturated heterocycles. The Morgan fingerprint density at radius 1 is 1.16 bits per heavy atom. The van der Waals surface area contributed by atoms with Crippen LogP contribution in [0.15, 0.2) is 30.0 Å². The summed E-state index contributed by atoms with van der Waals surface area (Å²) in [6, 6.07) is 5.72.